The largest absolute Gasteiger partial charge is 0.367 e. The van der Waals surface area contributed by atoms with E-state index in [-0.39, 0.29) is 5.56 Å². The standard InChI is InChI=1S/C7H8N4O3/c8-7(14)11-10-6(13)4-3-9-2-1-5(4)12/h1-3H,(H,9,12)(H,10,13)(H3,8,11,14). The zero-order valence-electron chi connectivity index (χ0n) is 7.03. The van der Waals surface area contributed by atoms with Crippen molar-refractivity contribution >= 4 is 11.9 Å². The summed E-state index contributed by atoms with van der Waals surface area (Å²) in [7, 11) is 0. The molecule has 0 aromatic carbocycles. The summed E-state index contributed by atoms with van der Waals surface area (Å²) in [6, 6.07) is 0.282. The Bertz CT molecular complexity index is 411. The van der Waals surface area contributed by atoms with E-state index in [1.165, 1.54) is 18.5 Å². The molecule has 0 aliphatic rings. The minimum Gasteiger partial charge on any atom is -0.367 e. The van der Waals surface area contributed by atoms with Gasteiger partial charge < -0.3 is 10.7 Å². The number of pyridine rings is 1. The van der Waals surface area contributed by atoms with Crippen LogP contribution in [0.4, 0.5) is 4.79 Å². The van der Waals surface area contributed by atoms with E-state index in [9.17, 15) is 14.4 Å². The summed E-state index contributed by atoms with van der Waals surface area (Å²) in [5, 5.41) is 0. The van der Waals surface area contributed by atoms with Crippen molar-refractivity contribution < 1.29 is 9.59 Å². The van der Waals surface area contributed by atoms with Gasteiger partial charge in [-0.3, -0.25) is 15.0 Å². The monoisotopic (exact) mass is 196 g/mol. The summed E-state index contributed by atoms with van der Waals surface area (Å²) in [5.41, 5.74) is 7.96. The highest BCUT2D eigenvalue weighted by molar-refractivity contribution is 5.94. The number of H-pyrrole nitrogens is 1. The van der Waals surface area contributed by atoms with Gasteiger partial charge in [0.15, 0.2) is 5.43 Å². The van der Waals surface area contributed by atoms with Gasteiger partial charge >= 0.3 is 6.03 Å². The topological polar surface area (TPSA) is 117 Å². The van der Waals surface area contributed by atoms with Gasteiger partial charge in [0.25, 0.3) is 5.91 Å². The highest BCUT2D eigenvalue weighted by Crippen LogP contribution is 1.85. The fraction of sp³-hybridized carbons (Fsp3) is 0. The minimum absolute atomic E-state index is 0.110. The second-order valence-electron chi connectivity index (χ2n) is 2.37. The van der Waals surface area contributed by atoms with E-state index in [4.69, 9.17) is 5.73 Å². The fourth-order valence-electron chi connectivity index (χ4n) is 0.779. The van der Waals surface area contributed by atoms with Gasteiger partial charge in [-0.1, -0.05) is 0 Å². The summed E-state index contributed by atoms with van der Waals surface area (Å²) in [5.74, 6) is -0.731. The molecule has 14 heavy (non-hydrogen) atoms. The Morgan fingerprint density at radius 2 is 2.07 bits per heavy atom. The lowest BCUT2D eigenvalue weighted by molar-refractivity contribution is 0.0936. The first-order valence-corrected chi connectivity index (χ1v) is 3.64. The van der Waals surface area contributed by atoms with Crippen LogP contribution < -0.4 is 22.0 Å². The maximum atomic E-state index is 11.2. The third-order valence-corrected chi connectivity index (χ3v) is 1.37. The molecule has 7 heteroatoms. The number of hydrazine groups is 1. The van der Waals surface area contributed by atoms with E-state index in [1.54, 1.807) is 0 Å². The van der Waals surface area contributed by atoms with Crippen molar-refractivity contribution in [2.45, 2.75) is 0 Å². The molecule has 0 fully saturated rings. The van der Waals surface area contributed by atoms with Gasteiger partial charge in [-0.25, -0.2) is 10.2 Å². The zero-order chi connectivity index (χ0) is 10.6. The van der Waals surface area contributed by atoms with Crippen LogP contribution in [0, 0.1) is 0 Å². The number of nitrogens with one attached hydrogen (secondary N) is 3. The molecule has 0 aliphatic carbocycles. The Morgan fingerprint density at radius 3 is 2.64 bits per heavy atom. The normalized spacial score (nSPS) is 9.14. The number of rotatable bonds is 1. The van der Waals surface area contributed by atoms with Crippen molar-refractivity contribution in [1.82, 2.24) is 15.8 Å². The number of primary amides is 1. The van der Waals surface area contributed by atoms with Gasteiger partial charge in [0.1, 0.15) is 5.56 Å². The molecule has 1 aromatic rings. The minimum atomic E-state index is -0.911. The number of nitrogens with two attached hydrogens (primary N) is 1. The Labute approximate surface area is 78.3 Å². The third kappa shape index (κ3) is 2.34. The number of carbonyl (C=O) groups excluding carboxylic acids is 2. The molecule has 0 atom stereocenters. The lowest BCUT2D eigenvalue weighted by atomic mass is 10.3. The van der Waals surface area contributed by atoms with Crippen LogP contribution in [-0.2, 0) is 0 Å². The van der Waals surface area contributed by atoms with E-state index in [1.807, 2.05) is 10.9 Å². The zero-order valence-corrected chi connectivity index (χ0v) is 7.03. The van der Waals surface area contributed by atoms with Crippen molar-refractivity contribution in [3.8, 4) is 0 Å². The molecule has 1 aromatic heterocycles. The van der Waals surface area contributed by atoms with Gasteiger partial charge in [-0.15, -0.1) is 0 Å². The third-order valence-electron chi connectivity index (χ3n) is 1.37. The molecule has 1 heterocycles. The van der Waals surface area contributed by atoms with Crippen molar-refractivity contribution in [2.75, 3.05) is 0 Å². The molecule has 0 spiro atoms. The van der Waals surface area contributed by atoms with Crippen LogP contribution in [0.2, 0.25) is 0 Å². The predicted molar refractivity (Wildman–Crippen MR) is 47.2 cm³/mol. The number of amides is 3. The van der Waals surface area contributed by atoms with Crippen LogP contribution in [0.25, 0.3) is 0 Å². The Morgan fingerprint density at radius 1 is 1.36 bits per heavy atom. The number of carbonyl (C=O) groups is 2. The maximum Gasteiger partial charge on any atom is 0.330 e. The number of urea groups is 1. The average molecular weight is 196 g/mol. The summed E-state index contributed by atoms with van der Waals surface area (Å²) in [6.07, 6.45) is 2.61. The Balaban J connectivity index is 2.75. The highest BCUT2D eigenvalue weighted by atomic mass is 16.2. The number of hydrogen-bond donors (Lipinski definition) is 4. The molecule has 5 N–H and O–H groups in total. The van der Waals surface area contributed by atoms with Crippen LogP contribution in [0.1, 0.15) is 10.4 Å². The number of hydrogen-bond acceptors (Lipinski definition) is 3. The van der Waals surface area contributed by atoms with Crippen LogP contribution in [0.5, 0.6) is 0 Å². The summed E-state index contributed by atoms with van der Waals surface area (Å²) < 4.78 is 0. The molecule has 3 amide bonds. The van der Waals surface area contributed by atoms with E-state index < -0.39 is 17.4 Å². The van der Waals surface area contributed by atoms with Crippen molar-refractivity contribution in [1.29, 1.82) is 0 Å². The fourth-order valence-corrected chi connectivity index (χ4v) is 0.779. The first-order chi connectivity index (χ1) is 6.61. The lowest BCUT2D eigenvalue weighted by Crippen LogP contribution is -2.45. The molecule has 0 saturated carbocycles. The smallest absolute Gasteiger partial charge is 0.330 e. The highest BCUT2D eigenvalue weighted by Gasteiger charge is 2.08. The molecule has 7 nitrogen and oxygen atoms in total. The van der Waals surface area contributed by atoms with E-state index in [0.717, 1.165) is 0 Å². The van der Waals surface area contributed by atoms with Crippen LogP contribution in [0.3, 0.4) is 0 Å². The van der Waals surface area contributed by atoms with Crippen LogP contribution in [0.15, 0.2) is 23.3 Å². The van der Waals surface area contributed by atoms with Crippen molar-refractivity contribution in [3.63, 3.8) is 0 Å². The summed E-state index contributed by atoms with van der Waals surface area (Å²) in [4.78, 5) is 35.0. The first kappa shape index (κ1) is 9.78. The molecular weight excluding hydrogens is 188 g/mol. The lowest BCUT2D eigenvalue weighted by Gasteiger charge is -2.02. The quantitative estimate of drug-likeness (QED) is 0.417. The molecule has 0 radical (unpaired) electrons. The van der Waals surface area contributed by atoms with Gasteiger partial charge in [-0.2, -0.15) is 0 Å². The molecular formula is C7H8N4O3. The van der Waals surface area contributed by atoms with Crippen LogP contribution >= 0.6 is 0 Å². The molecule has 0 bridgehead atoms. The molecule has 0 aliphatic heterocycles. The van der Waals surface area contributed by atoms with E-state index in [2.05, 4.69) is 4.98 Å². The average Bonchev–Trinajstić information content (AvgIpc) is 2.15. The molecule has 0 unspecified atom stereocenters. The van der Waals surface area contributed by atoms with E-state index >= 15 is 0 Å². The van der Waals surface area contributed by atoms with Gasteiger partial charge in [-0.05, 0) is 0 Å². The number of aromatic nitrogens is 1. The van der Waals surface area contributed by atoms with Crippen molar-refractivity contribution in [2.24, 2.45) is 5.73 Å². The second-order valence-corrected chi connectivity index (χ2v) is 2.37. The van der Waals surface area contributed by atoms with Gasteiger partial charge in [0.2, 0.25) is 0 Å². The van der Waals surface area contributed by atoms with Crippen molar-refractivity contribution in [3.05, 3.63) is 34.2 Å². The second kappa shape index (κ2) is 4.08. The van der Waals surface area contributed by atoms with Gasteiger partial charge in [0.05, 0.1) is 0 Å². The first-order valence-electron chi connectivity index (χ1n) is 3.64. The number of aromatic amines is 1. The van der Waals surface area contributed by atoms with E-state index in [0.29, 0.717) is 0 Å². The predicted octanol–water partition coefficient (Wildman–Crippen LogP) is -1.31. The summed E-state index contributed by atoms with van der Waals surface area (Å²) in [6.45, 7) is 0. The SMILES string of the molecule is NC(=O)NNC(=O)c1c[nH]ccc1=O. The Kier molecular flexibility index (Phi) is 2.85. The molecule has 74 valence electrons. The molecule has 1 rings (SSSR count). The van der Waals surface area contributed by atoms with Crippen LogP contribution in [-0.4, -0.2) is 16.9 Å². The summed E-state index contributed by atoms with van der Waals surface area (Å²) >= 11 is 0. The maximum absolute atomic E-state index is 11.2. The Hall–Kier alpha value is -2.31. The molecule has 0 saturated heterocycles. The van der Waals surface area contributed by atoms with Gasteiger partial charge in [0, 0.05) is 18.5 Å².